The van der Waals surface area contributed by atoms with Crippen LogP contribution in [0.5, 0.6) is 11.5 Å². The van der Waals surface area contributed by atoms with E-state index in [2.05, 4.69) is 10.2 Å². The van der Waals surface area contributed by atoms with E-state index in [1.165, 1.54) is 6.26 Å². The molecular weight excluding hydrogens is 508 g/mol. The summed E-state index contributed by atoms with van der Waals surface area (Å²) in [5.74, 6) is 2.00. The molecule has 0 atom stereocenters. The van der Waals surface area contributed by atoms with Crippen molar-refractivity contribution in [1.82, 2.24) is 15.2 Å². The Bertz CT molecular complexity index is 1450. The maximum atomic E-state index is 13.3. The van der Waals surface area contributed by atoms with E-state index in [-0.39, 0.29) is 11.8 Å². The number of ether oxygens (including phenoxy) is 2. The Hall–Kier alpha value is -4.79. The summed E-state index contributed by atoms with van der Waals surface area (Å²) in [4.78, 5) is 34.9. The smallest absolute Gasteiger partial charge is 0.289 e. The van der Waals surface area contributed by atoms with Gasteiger partial charge in [0.25, 0.3) is 11.8 Å². The van der Waals surface area contributed by atoms with Crippen LogP contribution >= 0.6 is 0 Å². The van der Waals surface area contributed by atoms with E-state index in [1.807, 2.05) is 67.6 Å². The summed E-state index contributed by atoms with van der Waals surface area (Å²) in [5.41, 5.74) is 3.38. The van der Waals surface area contributed by atoms with Crippen molar-refractivity contribution in [2.24, 2.45) is 0 Å². The number of pyridine rings is 1. The standard InChI is InChI=1S/C31H32N4O5/c1-22-6-3-4-7-25(22)27-14-13-26(30(36)32-15-21-39-24-11-9-23(38-2)10-12-24)29(33-27)34-16-18-35(19-17-34)31(37)28-8-5-20-40-28/h3-14,20H,15-19,21H2,1-2H3,(H,32,36). The van der Waals surface area contributed by atoms with Crippen molar-refractivity contribution in [3.63, 3.8) is 0 Å². The highest BCUT2D eigenvalue weighted by Crippen LogP contribution is 2.28. The molecule has 1 aliphatic heterocycles. The number of nitrogens with zero attached hydrogens (tertiary/aromatic N) is 3. The Balaban J connectivity index is 1.30. The molecule has 9 nitrogen and oxygen atoms in total. The predicted molar refractivity (Wildman–Crippen MR) is 152 cm³/mol. The minimum atomic E-state index is -0.230. The Morgan fingerprint density at radius 2 is 1.68 bits per heavy atom. The zero-order valence-corrected chi connectivity index (χ0v) is 22.6. The van der Waals surface area contributed by atoms with Crippen molar-refractivity contribution in [1.29, 1.82) is 0 Å². The second-order valence-electron chi connectivity index (χ2n) is 9.42. The first-order valence-corrected chi connectivity index (χ1v) is 13.2. The molecule has 0 saturated carbocycles. The Labute approximate surface area is 233 Å². The molecule has 1 N–H and O–H groups in total. The number of methoxy groups -OCH3 is 1. The lowest BCUT2D eigenvalue weighted by molar-refractivity contribution is 0.0713. The lowest BCUT2D eigenvalue weighted by Gasteiger charge is -2.36. The molecule has 0 spiro atoms. The van der Waals surface area contributed by atoms with E-state index < -0.39 is 0 Å². The average Bonchev–Trinajstić information content (AvgIpc) is 3.54. The molecule has 0 aliphatic carbocycles. The zero-order valence-electron chi connectivity index (χ0n) is 22.6. The minimum Gasteiger partial charge on any atom is -0.497 e. The average molecular weight is 541 g/mol. The van der Waals surface area contributed by atoms with Gasteiger partial charge in [0.2, 0.25) is 0 Å². The monoisotopic (exact) mass is 540 g/mol. The molecule has 2 amide bonds. The van der Waals surface area contributed by atoms with E-state index in [0.29, 0.717) is 62.2 Å². The van der Waals surface area contributed by atoms with Gasteiger partial charge in [0, 0.05) is 31.7 Å². The number of nitrogens with one attached hydrogen (secondary N) is 1. The first-order valence-electron chi connectivity index (χ1n) is 13.2. The largest absolute Gasteiger partial charge is 0.497 e. The van der Waals surface area contributed by atoms with Crippen LogP contribution in [-0.2, 0) is 0 Å². The zero-order chi connectivity index (χ0) is 27.9. The van der Waals surface area contributed by atoms with Gasteiger partial charge in [-0.15, -0.1) is 0 Å². The molecule has 206 valence electrons. The fraction of sp³-hybridized carbons (Fsp3) is 0.258. The van der Waals surface area contributed by atoms with Crippen LogP contribution in [0, 0.1) is 6.92 Å². The Kier molecular flexibility index (Phi) is 8.29. The van der Waals surface area contributed by atoms with Gasteiger partial charge in [0.05, 0.1) is 31.2 Å². The van der Waals surface area contributed by atoms with Gasteiger partial charge in [-0.25, -0.2) is 4.98 Å². The van der Waals surface area contributed by atoms with E-state index in [0.717, 1.165) is 22.6 Å². The lowest BCUT2D eigenvalue weighted by atomic mass is 10.0. The molecule has 2 aromatic heterocycles. The summed E-state index contributed by atoms with van der Waals surface area (Å²) in [6, 6.07) is 22.4. The van der Waals surface area contributed by atoms with Crippen molar-refractivity contribution < 1.29 is 23.5 Å². The molecule has 40 heavy (non-hydrogen) atoms. The number of aromatic nitrogens is 1. The Morgan fingerprint density at radius 1 is 0.925 bits per heavy atom. The molecule has 0 unspecified atom stereocenters. The number of hydrogen-bond acceptors (Lipinski definition) is 7. The molecule has 0 radical (unpaired) electrons. The number of furan rings is 1. The van der Waals surface area contributed by atoms with Crippen LogP contribution in [0.3, 0.4) is 0 Å². The third kappa shape index (κ3) is 6.09. The van der Waals surface area contributed by atoms with E-state index in [4.69, 9.17) is 18.9 Å². The lowest BCUT2D eigenvalue weighted by Crippen LogP contribution is -2.49. The molecule has 1 fully saturated rings. The number of hydrogen-bond donors (Lipinski definition) is 1. The van der Waals surface area contributed by atoms with Crippen molar-refractivity contribution in [3.05, 3.63) is 95.9 Å². The van der Waals surface area contributed by atoms with Gasteiger partial charge in [0.1, 0.15) is 23.9 Å². The molecule has 5 rings (SSSR count). The molecule has 1 aliphatic rings. The number of anilines is 1. The van der Waals surface area contributed by atoms with Gasteiger partial charge in [-0.2, -0.15) is 0 Å². The summed E-state index contributed by atoms with van der Waals surface area (Å²) in [6.45, 7) is 4.75. The second-order valence-corrected chi connectivity index (χ2v) is 9.42. The summed E-state index contributed by atoms with van der Waals surface area (Å²) in [5, 5.41) is 2.96. The highest BCUT2D eigenvalue weighted by atomic mass is 16.5. The summed E-state index contributed by atoms with van der Waals surface area (Å²) in [7, 11) is 1.61. The van der Waals surface area contributed by atoms with E-state index in [1.54, 1.807) is 24.1 Å². The van der Waals surface area contributed by atoms with Crippen LogP contribution in [0.1, 0.15) is 26.5 Å². The van der Waals surface area contributed by atoms with E-state index >= 15 is 0 Å². The molecule has 2 aromatic carbocycles. The van der Waals surface area contributed by atoms with Gasteiger partial charge in [-0.3, -0.25) is 9.59 Å². The van der Waals surface area contributed by atoms with Gasteiger partial charge in [-0.1, -0.05) is 24.3 Å². The van der Waals surface area contributed by atoms with Crippen molar-refractivity contribution in [2.45, 2.75) is 6.92 Å². The van der Waals surface area contributed by atoms with Gasteiger partial charge >= 0.3 is 0 Å². The van der Waals surface area contributed by atoms with Crippen molar-refractivity contribution in [3.8, 4) is 22.8 Å². The molecule has 3 heterocycles. The number of amides is 2. The van der Waals surface area contributed by atoms with Crippen LogP contribution < -0.4 is 19.7 Å². The number of piperazine rings is 1. The first-order chi connectivity index (χ1) is 19.5. The van der Waals surface area contributed by atoms with Crippen LogP contribution in [-0.4, -0.2) is 68.1 Å². The first kappa shape index (κ1) is 26.8. The van der Waals surface area contributed by atoms with E-state index in [9.17, 15) is 9.59 Å². The normalized spacial score (nSPS) is 13.2. The SMILES string of the molecule is COc1ccc(OCCNC(=O)c2ccc(-c3ccccc3C)nc2N2CCN(C(=O)c3ccco3)CC2)cc1. The summed E-state index contributed by atoms with van der Waals surface area (Å²) in [6.07, 6.45) is 1.50. The number of benzene rings is 2. The number of rotatable bonds is 9. The number of aryl methyl sites for hydroxylation is 1. The molecule has 0 bridgehead atoms. The fourth-order valence-electron chi connectivity index (χ4n) is 4.66. The van der Waals surface area contributed by atoms with Gasteiger partial charge < -0.3 is 29.0 Å². The van der Waals surface area contributed by atoms with Gasteiger partial charge in [-0.05, 0) is 61.0 Å². The number of carbonyl (C=O) groups is 2. The fourth-order valence-corrected chi connectivity index (χ4v) is 4.66. The van der Waals surface area contributed by atoms with Crippen LogP contribution in [0.15, 0.2) is 83.5 Å². The summed E-state index contributed by atoms with van der Waals surface area (Å²) < 4.78 is 16.2. The predicted octanol–water partition coefficient (Wildman–Crippen LogP) is 4.43. The van der Waals surface area contributed by atoms with Crippen molar-refractivity contribution in [2.75, 3.05) is 51.3 Å². The quantitative estimate of drug-likeness (QED) is 0.314. The molecule has 1 saturated heterocycles. The third-order valence-electron chi connectivity index (χ3n) is 6.85. The van der Waals surface area contributed by atoms with Crippen molar-refractivity contribution >= 4 is 17.6 Å². The maximum Gasteiger partial charge on any atom is 0.289 e. The summed E-state index contributed by atoms with van der Waals surface area (Å²) >= 11 is 0. The van der Waals surface area contributed by atoms with Crippen LogP contribution in [0.4, 0.5) is 5.82 Å². The second kappa shape index (κ2) is 12.4. The number of carbonyl (C=O) groups excluding carboxylic acids is 2. The molecular formula is C31H32N4O5. The topological polar surface area (TPSA) is 97.1 Å². The maximum absolute atomic E-state index is 13.3. The van der Waals surface area contributed by atoms with Crippen LogP contribution in [0.2, 0.25) is 0 Å². The minimum absolute atomic E-state index is 0.138. The third-order valence-corrected chi connectivity index (χ3v) is 6.85. The molecule has 9 heteroatoms. The Morgan fingerprint density at radius 3 is 2.38 bits per heavy atom. The van der Waals surface area contributed by atoms with Crippen LogP contribution in [0.25, 0.3) is 11.3 Å². The molecule has 4 aromatic rings. The highest BCUT2D eigenvalue weighted by molar-refractivity contribution is 5.99. The van der Waals surface area contributed by atoms with Gasteiger partial charge in [0.15, 0.2) is 5.76 Å². The highest BCUT2D eigenvalue weighted by Gasteiger charge is 2.27.